The fraction of sp³-hybridized carbons (Fsp3) is 0.136. The number of amides is 1. The van der Waals surface area contributed by atoms with Gasteiger partial charge in [-0.3, -0.25) is 0 Å². The van der Waals surface area contributed by atoms with Crippen LogP contribution in [0.25, 0.3) is 16.8 Å². The Balaban J connectivity index is 1.58. The molecule has 4 heteroatoms. The Morgan fingerprint density at radius 3 is 2.58 bits per heavy atom. The van der Waals surface area contributed by atoms with Gasteiger partial charge < -0.3 is 14.8 Å². The summed E-state index contributed by atoms with van der Waals surface area (Å²) in [4.78, 5) is 11.8. The second kappa shape index (κ2) is 8.72. The van der Waals surface area contributed by atoms with E-state index in [1.54, 1.807) is 7.11 Å². The molecule has 0 radical (unpaired) electrons. The molecule has 132 valence electrons. The molecule has 0 aliphatic carbocycles. The molecule has 3 aromatic rings. The summed E-state index contributed by atoms with van der Waals surface area (Å²) in [7, 11) is 1.65. The molecule has 26 heavy (non-hydrogen) atoms. The highest BCUT2D eigenvalue weighted by molar-refractivity contribution is 5.93. The van der Waals surface area contributed by atoms with Crippen molar-refractivity contribution in [3.63, 3.8) is 0 Å². The van der Waals surface area contributed by atoms with Crippen molar-refractivity contribution in [3.8, 4) is 5.75 Å². The van der Waals surface area contributed by atoms with E-state index < -0.39 is 6.09 Å². The van der Waals surface area contributed by atoms with E-state index in [9.17, 15) is 4.79 Å². The molecule has 0 aliphatic rings. The van der Waals surface area contributed by atoms with Crippen LogP contribution in [0.2, 0.25) is 0 Å². The van der Waals surface area contributed by atoms with Gasteiger partial charge >= 0.3 is 6.09 Å². The maximum atomic E-state index is 11.8. The zero-order valence-electron chi connectivity index (χ0n) is 14.6. The van der Waals surface area contributed by atoms with Crippen LogP contribution in [0.3, 0.4) is 0 Å². The third-order valence-electron chi connectivity index (χ3n) is 4.01. The fourth-order valence-electron chi connectivity index (χ4n) is 2.72. The van der Waals surface area contributed by atoms with Crippen molar-refractivity contribution in [3.05, 3.63) is 83.9 Å². The van der Waals surface area contributed by atoms with Crippen LogP contribution in [0.5, 0.6) is 5.75 Å². The number of fused-ring (bicyclic) bond motifs is 1. The number of rotatable bonds is 6. The van der Waals surface area contributed by atoms with Gasteiger partial charge in [-0.25, -0.2) is 4.79 Å². The summed E-state index contributed by atoms with van der Waals surface area (Å²) in [6.07, 6.45) is 3.40. The molecular formula is C22H21NO3. The molecular weight excluding hydrogens is 326 g/mol. The first kappa shape index (κ1) is 17.5. The van der Waals surface area contributed by atoms with Crippen LogP contribution >= 0.6 is 0 Å². The van der Waals surface area contributed by atoms with Crippen molar-refractivity contribution in [2.45, 2.75) is 6.61 Å². The minimum Gasteiger partial charge on any atom is -0.496 e. The number of carbonyl (C=O) groups excluding carboxylic acids is 1. The Labute approximate surface area is 153 Å². The Morgan fingerprint density at radius 1 is 1.00 bits per heavy atom. The molecule has 0 saturated carbocycles. The summed E-state index contributed by atoms with van der Waals surface area (Å²) in [5, 5.41) is 4.97. The quantitative estimate of drug-likeness (QED) is 0.697. The molecule has 0 bridgehead atoms. The highest BCUT2D eigenvalue weighted by Crippen LogP contribution is 2.28. The largest absolute Gasteiger partial charge is 0.496 e. The van der Waals surface area contributed by atoms with E-state index in [1.165, 1.54) is 0 Å². The van der Waals surface area contributed by atoms with E-state index in [1.807, 2.05) is 66.7 Å². The summed E-state index contributed by atoms with van der Waals surface area (Å²) in [6, 6.07) is 21.7. The first-order chi connectivity index (χ1) is 12.8. The lowest BCUT2D eigenvalue weighted by atomic mass is 10.0. The number of carbonyl (C=O) groups is 1. The van der Waals surface area contributed by atoms with Crippen LogP contribution < -0.4 is 10.1 Å². The van der Waals surface area contributed by atoms with Crippen LogP contribution in [0.4, 0.5) is 4.79 Å². The maximum Gasteiger partial charge on any atom is 0.407 e. The van der Waals surface area contributed by atoms with Crippen molar-refractivity contribution in [2.24, 2.45) is 0 Å². The van der Waals surface area contributed by atoms with Crippen LogP contribution in [-0.4, -0.2) is 19.7 Å². The number of hydrogen-bond donors (Lipinski definition) is 1. The van der Waals surface area contributed by atoms with Crippen molar-refractivity contribution in [1.82, 2.24) is 5.32 Å². The van der Waals surface area contributed by atoms with Crippen LogP contribution in [0.1, 0.15) is 11.1 Å². The summed E-state index contributed by atoms with van der Waals surface area (Å²) in [5.74, 6) is 0.798. The second-order valence-electron chi connectivity index (χ2n) is 5.75. The van der Waals surface area contributed by atoms with Crippen molar-refractivity contribution in [2.75, 3.05) is 13.7 Å². The van der Waals surface area contributed by atoms with Crippen molar-refractivity contribution >= 4 is 22.9 Å². The number of methoxy groups -OCH3 is 1. The van der Waals surface area contributed by atoms with E-state index in [4.69, 9.17) is 9.47 Å². The SMILES string of the molecule is COc1ccc2ccccc2c1C=CCNC(=O)OCc1ccccc1. The van der Waals surface area contributed by atoms with E-state index >= 15 is 0 Å². The maximum absolute atomic E-state index is 11.8. The zero-order chi connectivity index (χ0) is 18.2. The normalized spacial score (nSPS) is 10.8. The fourth-order valence-corrected chi connectivity index (χ4v) is 2.72. The van der Waals surface area contributed by atoms with Crippen molar-refractivity contribution in [1.29, 1.82) is 0 Å². The smallest absolute Gasteiger partial charge is 0.407 e. The predicted octanol–water partition coefficient (Wildman–Crippen LogP) is 4.79. The topological polar surface area (TPSA) is 47.6 Å². The third kappa shape index (κ3) is 4.42. The number of alkyl carbamates (subject to hydrolysis) is 1. The first-order valence-corrected chi connectivity index (χ1v) is 8.45. The number of benzene rings is 3. The van der Waals surface area contributed by atoms with Crippen LogP contribution in [0.15, 0.2) is 72.8 Å². The summed E-state index contributed by atoms with van der Waals surface area (Å²) in [5.41, 5.74) is 1.95. The molecule has 3 aromatic carbocycles. The molecule has 1 N–H and O–H groups in total. The predicted molar refractivity (Wildman–Crippen MR) is 104 cm³/mol. The third-order valence-corrected chi connectivity index (χ3v) is 4.01. The summed E-state index contributed by atoms with van der Waals surface area (Å²) in [6.45, 7) is 0.632. The zero-order valence-corrected chi connectivity index (χ0v) is 14.6. The first-order valence-electron chi connectivity index (χ1n) is 8.45. The molecule has 0 aliphatic heterocycles. The monoisotopic (exact) mass is 347 g/mol. The van der Waals surface area contributed by atoms with Gasteiger partial charge in [-0.2, -0.15) is 0 Å². The van der Waals surface area contributed by atoms with Gasteiger partial charge in [0.05, 0.1) is 7.11 Å². The lowest BCUT2D eigenvalue weighted by molar-refractivity contribution is 0.141. The summed E-state index contributed by atoms with van der Waals surface area (Å²) >= 11 is 0. The number of hydrogen-bond acceptors (Lipinski definition) is 3. The average Bonchev–Trinajstić information content (AvgIpc) is 2.70. The standard InChI is InChI=1S/C22H21NO3/c1-25-21-14-13-18-10-5-6-11-19(18)20(21)12-7-15-23-22(24)26-16-17-8-3-2-4-9-17/h2-14H,15-16H2,1H3,(H,23,24). The molecule has 0 unspecified atom stereocenters. The average molecular weight is 347 g/mol. The lowest BCUT2D eigenvalue weighted by Crippen LogP contribution is -2.24. The van der Waals surface area contributed by atoms with Gasteiger partial charge in [0.2, 0.25) is 0 Å². The van der Waals surface area contributed by atoms with Crippen LogP contribution in [-0.2, 0) is 11.3 Å². The molecule has 0 heterocycles. The van der Waals surface area contributed by atoms with Crippen molar-refractivity contribution < 1.29 is 14.3 Å². The molecule has 4 nitrogen and oxygen atoms in total. The number of nitrogens with one attached hydrogen (secondary N) is 1. The van der Waals surface area contributed by atoms with Gasteiger partial charge in [-0.05, 0) is 22.4 Å². The lowest BCUT2D eigenvalue weighted by Gasteiger charge is -2.09. The van der Waals surface area contributed by atoms with Gasteiger partial charge in [-0.1, -0.05) is 72.8 Å². The van der Waals surface area contributed by atoms with E-state index in [0.29, 0.717) is 6.54 Å². The minimum atomic E-state index is -0.441. The van der Waals surface area contributed by atoms with Gasteiger partial charge in [0, 0.05) is 12.1 Å². The Morgan fingerprint density at radius 2 is 1.77 bits per heavy atom. The van der Waals surface area contributed by atoms with Crippen LogP contribution in [0, 0.1) is 0 Å². The van der Waals surface area contributed by atoms with E-state index in [2.05, 4.69) is 17.4 Å². The Hall–Kier alpha value is -3.27. The molecule has 3 rings (SSSR count). The van der Waals surface area contributed by atoms with Gasteiger partial charge in [0.25, 0.3) is 0 Å². The number of ether oxygens (including phenoxy) is 2. The molecule has 1 amide bonds. The summed E-state index contributed by atoms with van der Waals surface area (Å²) < 4.78 is 10.6. The molecule has 0 spiro atoms. The van der Waals surface area contributed by atoms with E-state index in [-0.39, 0.29) is 6.61 Å². The van der Waals surface area contributed by atoms with Gasteiger partial charge in [-0.15, -0.1) is 0 Å². The molecule has 0 aromatic heterocycles. The Bertz CT molecular complexity index is 904. The second-order valence-corrected chi connectivity index (χ2v) is 5.75. The molecule has 0 saturated heterocycles. The molecule has 0 fully saturated rings. The molecule has 0 atom stereocenters. The minimum absolute atomic E-state index is 0.257. The highest BCUT2D eigenvalue weighted by atomic mass is 16.5. The van der Waals surface area contributed by atoms with Gasteiger partial charge in [0.15, 0.2) is 0 Å². The Kier molecular flexibility index (Phi) is 5.88. The highest BCUT2D eigenvalue weighted by Gasteiger charge is 2.05. The van der Waals surface area contributed by atoms with Gasteiger partial charge in [0.1, 0.15) is 12.4 Å². The van der Waals surface area contributed by atoms with E-state index in [0.717, 1.165) is 27.6 Å².